The predicted molar refractivity (Wildman–Crippen MR) is 53.1 cm³/mol. The van der Waals surface area contributed by atoms with Gasteiger partial charge in [0.1, 0.15) is 6.04 Å². The maximum atomic E-state index is 11.2. The fourth-order valence-corrected chi connectivity index (χ4v) is 0.873. The lowest BCUT2D eigenvalue weighted by Gasteiger charge is -2.22. The molecule has 0 spiro atoms. The van der Waals surface area contributed by atoms with Crippen LogP contribution in [0, 0.1) is 0 Å². The molecule has 5 heteroatoms. The Morgan fingerprint density at radius 3 is 2.14 bits per heavy atom. The summed E-state index contributed by atoms with van der Waals surface area (Å²) >= 11 is 0. The van der Waals surface area contributed by atoms with Crippen molar-refractivity contribution in [3.63, 3.8) is 0 Å². The Balaban J connectivity index is 4.11. The van der Waals surface area contributed by atoms with Crippen LogP contribution in [0.1, 0.15) is 34.1 Å². The fraction of sp³-hybridized carbons (Fsp3) is 0.778. The Kier molecular flexibility index (Phi) is 4.40. The highest BCUT2D eigenvalue weighted by atomic mass is 16.4. The van der Waals surface area contributed by atoms with Gasteiger partial charge in [0.05, 0.1) is 0 Å². The number of nitrogens with one attached hydrogen (secondary N) is 2. The van der Waals surface area contributed by atoms with Gasteiger partial charge in [-0.3, -0.25) is 0 Å². The quantitative estimate of drug-likeness (QED) is 0.637. The number of amides is 2. The van der Waals surface area contributed by atoms with Crippen LogP contribution < -0.4 is 10.6 Å². The molecule has 0 unspecified atom stereocenters. The van der Waals surface area contributed by atoms with Crippen molar-refractivity contribution in [1.82, 2.24) is 10.6 Å². The van der Waals surface area contributed by atoms with E-state index < -0.39 is 18.0 Å². The molecule has 0 aliphatic carbocycles. The van der Waals surface area contributed by atoms with Gasteiger partial charge in [0.25, 0.3) is 0 Å². The molecule has 14 heavy (non-hydrogen) atoms. The third-order valence-corrected chi connectivity index (χ3v) is 1.50. The van der Waals surface area contributed by atoms with E-state index in [2.05, 4.69) is 10.6 Å². The van der Waals surface area contributed by atoms with Crippen LogP contribution in [0.25, 0.3) is 0 Å². The summed E-state index contributed by atoms with van der Waals surface area (Å²) < 4.78 is 0. The summed E-state index contributed by atoms with van der Waals surface area (Å²) in [5.74, 6) is -1.02. The van der Waals surface area contributed by atoms with Gasteiger partial charge in [0, 0.05) is 5.54 Å². The molecule has 0 radical (unpaired) electrons. The zero-order chi connectivity index (χ0) is 11.4. The second-order valence-electron chi connectivity index (χ2n) is 4.15. The van der Waals surface area contributed by atoms with Gasteiger partial charge < -0.3 is 15.7 Å². The third kappa shape index (κ3) is 5.40. The Morgan fingerprint density at radius 2 is 1.86 bits per heavy atom. The van der Waals surface area contributed by atoms with E-state index in [-0.39, 0.29) is 5.54 Å². The number of aliphatic carboxylic acids is 1. The summed E-state index contributed by atoms with van der Waals surface area (Å²) in [5.41, 5.74) is -0.360. The maximum Gasteiger partial charge on any atom is 0.326 e. The summed E-state index contributed by atoms with van der Waals surface area (Å²) in [6.07, 6.45) is 0.368. The topological polar surface area (TPSA) is 78.4 Å². The minimum Gasteiger partial charge on any atom is -0.480 e. The van der Waals surface area contributed by atoms with Gasteiger partial charge >= 0.3 is 12.0 Å². The van der Waals surface area contributed by atoms with Gasteiger partial charge in [-0.25, -0.2) is 9.59 Å². The minimum atomic E-state index is -1.02. The molecular weight excluding hydrogens is 184 g/mol. The molecule has 0 aromatic rings. The third-order valence-electron chi connectivity index (χ3n) is 1.50. The number of carboxylic acid groups (broad SMARTS) is 1. The number of rotatable bonds is 3. The van der Waals surface area contributed by atoms with E-state index >= 15 is 0 Å². The fourth-order valence-electron chi connectivity index (χ4n) is 0.873. The summed E-state index contributed by atoms with van der Waals surface area (Å²) in [6, 6.07) is -1.27. The molecule has 0 rings (SSSR count). The van der Waals surface area contributed by atoms with E-state index in [9.17, 15) is 9.59 Å². The van der Waals surface area contributed by atoms with E-state index in [4.69, 9.17) is 5.11 Å². The molecule has 0 fully saturated rings. The zero-order valence-corrected chi connectivity index (χ0v) is 9.05. The van der Waals surface area contributed by atoms with Crippen LogP contribution in [0.3, 0.4) is 0 Å². The molecule has 5 nitrogen and oxygen atoms in total. The van der Waals surface area contributed by atoms with Crippen molar-refractivity contribution in [1.29, 1.82) is 0 Å². The number of hydrogen-bond acceptors (Lipinski definition) is 2. The highest BCUT2D eigenvalue weighted by Crippen LogP contribution is 1.98. The minimum absolute atomic E-state index is 0.360. The highest BCUT2D eigenvalue weighted by Gasteiger charge is 2.20. The molecule has 2 amide bonds. The van der Waals surface area contributed by atoms with E-state index in [0.29, 0.717) is 6.42 Å². The van der Waals surface area contributed by atoms with E-state index in [0.717, 1.165) is 0 Å². The van der Waals surface area contributed by atoms with Crippen LogP contribution in [-0.2, 0) is 4.79 Å². The normalized spacial score (nSPS) is 13.1. The van der Waals surface area contributed by atoms with Crippen LogP contribution in [0.2, 0.25) is 0 Å². The molecule has 0 aromatic carbocycles. The Labute approximate surface area is 83.9 Å². The Bertz CT molecular complexity index is 221. The van der Waals surface area contributed by atoms with Crippen LogP contribution in [-0.4, -0.2) is 28.7 Å². The monoisotopic (exact) mass is 202 g/mol. The molecule has 0 aliphatic rings. The smallest absolute Gasteiger partial charge is 0.326 e. The first-order valence-electron chi connectivity index (χ1n) is 4.57. The molecule has 82 valence electrons. The molecule has 0 aromatic heterocycles. The van der Waals surface area contributed by atoms with Crippen molar-refractivity contribution < 1.29 is 14.7 Å². The summed E-state index contributed by atoms with van der Waals surface area (Å²) in [6.45, 7) is 7.19. The molecule has 0 bridgehead atoms. The highest BCUT2D eigenvalue weighted by molar-refractivity contribution is 5.82. The van der Waals surface area contributed by atoms with Crippen LogP contribution in [0.5, 0.6) is 0 Å². The van der Waals surface area contributed by atoms with Crippen molar-refractivity contribution in [2.24, 2.45) is 0 Å². The number of carboxylic acids is 1. The van der Waals surface area contributed by atoms with Gasteiger partial charge in [0.15, 0.2) is 0 Å². The number of hydrogen-bond donors (Lipinski definition) is 3. The van der Waals surface area contributed by atoms with Crippen molar-refractivity contribution in [2.45, 2.75) is 45.7 Å². The average molecular weight is 202 g/mol. The van der Waals surface area contributed by atoms with Gasteiger partial charge in [0.2, 0.25) is 0 Å². The lowest BCUT2D eigenvalue weighted by molar-refractivity contribution is -0.139. The van der Waals surface area contributed by atoms with Crippen molar-refractivity contribution in [3.05, 3.63) is 0 Å². The summed E-state index contributed by atoms with van der Waals surface area (Å²) in [4.78, 5) is 21.8. The first kappa shape index (κ1) is 12.7. The van der Waals surface area contributed by atoms with Gasteiger partial charge in [-0.2, -0.15) is 0 Å². The first-order valence-corrected chi connectivity index (χ1v) is 4.57. The molecule has 0 saturated heterocycles. The zero-order valence-electron chi connectivity index (χ0n) is 9.05. The van der Waals surface area contributed by atoms with Gasteiger partial charge in [-0.05, 0) is 27.2 Å². The summed E-state index contributed by atoms with van der Waals surface area (Å²) in [7, 11) is 0. The van der Waals surface area contributed by atoms with Crippen LogP contribution >= 0.6 is 0 Å². The average Bonchev–Trinajstić information content (AvgIpc) is 1.96. The lowest BCUT2D eigenvalue weighted by Crippen LogP contribution is -2.51. The molecule has 1 atom stereocenters. The molecule has 0 heterocycles. The van der Waals surface area contributed by atoms with Crippen molar-refractivity contribution >= 4 is 12.0 Å². The molecule has 3 N–H and O–H groups in total. The van der Waals surface area contributed by atoms with Crippen LogP contribution in [0.15, 0.2) is 0 Å². The van der Waals surface area contributed by atoms with E-state index in [1.807, 2.05) is 20.8 Å². The number of carbonyl (C=O) groups is 2. The van der Waals surface area contributed by atoms with Gasteiger partial charge in [-0.1, -0.05) is 6.92 Å². The van der Waals surface area contributed by atoms with Crippen molar-refractivity contribution in [2.75, 3.05) is 0 Å². The SMILES string of the molecule is CC[C@H](NC(=O)NC(C)(C)C)C(=O)O. The first-order chi connectivity index (χ1) is 6.26. The largest absolute Gasteiger partial charge is 0.480 e. The second-order valence-corrected chi connectivity index (χ2v) is 4.15. The van der Waals surface area contributed by atoms with Crippen LogP contribution in [0.4, 0.5) is 4.79 Å². The van der Waals surface area contributed by atoms with Gasteiger partial charge in [-0.15, -0.1) is 0 Å². The predicted octanol–water partition coefficient (Wildman–Crippen LogP) is 0.947. The molecule has 0 aliphatic heterocycles. The molecule has 0 saturated carbocycles. The number of urea groups is 1. The van der Waals surface area contributed by atoms with E-state index in [1.165, 1.54) is 0 Å². The molecular formula is C9H18N2O3. The summed E-state index contributed by atoms with van der Waals surface area (Å²) in [5, 5.41) is 13.7. The Morgan fingerprint density at radius 1 is 1.36 bits per heavy atom. The Hall–Kier alpha value is -1.26. The lowest BCUT2D eigenvalue weighted by atomic mass is 10.1. The standard InChI is InChI=1S/C9H18N2O3/c1-5-6(7(12)13)10-8(14)11-9(2,3)4/h6H,5H2,1-4H3,(H,12,13)(H2,10,11,14)/t6-/m0/s1. The maximum absolute atomic E-state index is 11.2. The second kappa shape index (κ2) is 4.83. The number of carbonyl (C=O) groups excluding carboxylic acids is 1. The van der Waals surface area contributed by atoms with E-state index in [1.54, 1.807) is 6.92 Å². The van der Waals surface area contributed by atoms with Crippen molar-refractivity contribution in [3.8, 4) is 0 Å².